The highest BCUT2D eigenvalue weighted by Gasteiger charge is 2.21. The van der Waals surface area contributed by atoms with E-state index >= 15 is 0 Å². The fourth-order valence-corrected chi connectivity index (χ4v) is 8.75. The molecule has 5 aromatic heterocycles. The van der Waals surface area contributed by atoms with Gasteiger partial charge in [0, 0.05) is 69.9 Å². The molecule has 10 aromatic rings. The first-order chi connectivity index (χ1) is 21.8. The number of aromatic nitrogens is 4. The highest BCUT2D eigenvalue weighted by atomic mass is 32.1. The molecule has 0 aliphatic carbocycles. The topological polar surface area (TPSA) is 35.6 Å². The van der Waals surface area contributed by atoms with Crippen LogP contribution in [0, 0.1) is 0 Å². The van der Waals surface area contributed by atoms with Crippen LogP contribution in [0.4, 0.5) is 0 Å². The Labute approximate surface area is 259 Å². The third kappa shape index (κ3) is 3.32. The van der Waals surface area contributed by atoms with E-state index in [1.807, 2.05) is 11.3 Å². The van der Waals surface area contributed by atoms with Crippen LogP contribution in [0.15, 0.2) is 132 Å². The lowest BCUT2D eigenvalue weighted by atomic mass is 10.1. The van der Waals surface area contributed by atoms with Crippen molar-refractivity contribution in [3.63, 3.8) is 0 Å². The second-order valence-corrected chi connectivity index (χ2v) is 12.9. The third-order valence-electron chi connectivity index (χ3n) is 8.73. The van der Waals surface area contributed by atoms with Gasteiger partial charge in [-0.3, -0.25) is 4.57 Å². The summed E-state index contributed by atoms with van der Waals surface area (Å²) in [6.45, 7) is 0. The van der Waals surface area contributed by atoms with E-state index in [4.69, 9.17) is 9.97 Å². The summed E-state index contributed by atoms with van der Waals surface area (Å²) in [6.07, 6.45) is 2.16. The predicted octanol–water partition coefficient (Wildman–Crippen LogP) is 10.8. The summed E-state index contributed by atoms with van der Waals surface area (Å²) in [4.78, 5) is 10.7. The standard InChI is InChI=1S/C38H22N4S2/c1-2-9-23(10-3-1)41-20-19-28-32(41)18-17-26-24-11-4-6-15-33(24)42(36(26)28)38-39-31-22-43-21-30(31)35(40-38)29-14-8-13-27-25-12-5-7-16-34(25)44-37(27)29/h1-22H. The average Bonchev–Trinajstić information content (AvgIpc) is 3.87. The lowest BCUT2D eigenvalue weighted by molar-refractivity contribution is 1.02. The summed E-state index contributed by atoms with van der Waals surface area (Å²) in [5, 5.41) is 11.5. The predicted molar refractivity (Wildman–Crippen MR) is 187 cm³/mol. The Morgan fingerprint density at radius 3 is 2.30 bits per heavy atom. The molecular formula is C38H22N4S2. The van der Waals surface area contributed by atoms with Crippen LogP contribution in [0.3, 0.4) is 0 Å². The van der Waals surface area contributed by atoms with Crippen molar-refractivity contribution in [3.05, 3.63) is 132 Å². The van der Waals surface area contributed by atoms with Gasteiger partial charge in [0.15, 0.2) is 0 Å². The van der Waals surface area contributed by atoms with Crippen molar-refractivity contribution >= 4 is 86.5 Å². The second kappa shape index (κ2) is 9.10. The van der Waals surface area contributed by atoms with Crippen molar-refractivity contribution in [2.24, 2.45) is 0 Å². The molecule has 10 rings (SSSR count). The lowest BCUT2D eigenvalue weighted by Crippen LogP contribution is -2.03. The Balaban J connectivity index is 1.31. The molecule has 4 nitrogen and oxygen atoms in total. The van der Waals surface area contributed by atoms with Gasteiger partial charge in [-0.1, -0.05) is 78.9 Å². The Morgan fingerprint density at radius 1 is 0.545 bits per heavy atom. The second-order valence-electron chi connectivity index (χ2n) is 11.1. The summed E-state index contributed by atoms with van der Waals surface area (Å²) < 4.78 is 7.08. The molecule has 0 N–H and O–H groups in total. The van der Waals surface area contributed by atoms with Gasteiger partial charge in [0.25, 0.3) is 0 Å². The van der Waals surface area contributed by atoms with Crippen molar-refractivity contribution in [2.75, 3.05) is 0 Å². The largest absolute Gasteiger partial charge is 0.316 e. The van der Waals surface area contributed by atoms with Crippen LogP contribution in [0.1, 0.15) is 0 Å². The molecule has 0 unspecified atom stereocenters. The average molecular weight is 599 g/mol. The molecule has 0 radical (unpaired) electrons. The molecule has 0 saturated heterocycles. The van der Waals surface area contributed by atoms with E-state index in [0.29, 0.717) is 5.95 Å². The van der Waals surface area contributed by atoms with Gasteiger partial charge in [0.2, 0.25) is 5.95 Å². The van der Waals surface area contributed by atoms with Crippen LogP contribution >= 0.6 is 22.7 Å². The molecule has 206 valence electrons. The summed E-state index contributed by atoms with van der Waals surface area (Å²) in [7, 11) is 0. The molecule has 0 bridgehead atoms. The molecular weight excluding hydrogens is 577 g/mol. The number of hydrogen-bond acceptors (Lipinski definition) is 4. The number of hydrogen-bond donors (Lipinski definition) is 0. The van der Waals surface area contributed by atoms with E-state index in [1.54, 1.807) is 11.3 Å². The highest BCUT2D eigenvalue weighted by Crippen LogP contribution is 2.43. The molecule has 0 spiro atoms. The zero-order valence-electron chi connectivity index (χ0n) is 23.3. The summed E-state index contributed by atoms with van der Waals surface area (Å²) in [5.41, 5.74) is 7.61. The van der Waals surface area contributed by atoms with Crippen molar-refractivity contribution in [1.29, 1.82) is 0 Å². The van der Waals surface area contributed by atoms with E-state index in [9.17, 15) is 0 Å². The summed E-state index contributed by atoms with van der Waals surface area (Å²) in [5.74, 6) is 0.690. The zero-order chi connectivity index (χ0) is 28.8. The number of nitrogens with zero attached hydrogens (tertiary/aromatic N) is 4. The Kier molecular flexibility index (Phi) is 5.00. The molecule has 6 heteroatoms. The van der Waals surface area contributed by atoms with Crippen LogP contribution in [-0.2, 0) is 0 Å². The van der Waals surface area contributed by atoms with Gasteiger partial charge >= 0.3 is 0 Å². The highest BCUT2D eigenvalue weighted by molar-refractivity contribution is 7.26. The number of para-hydroxylation sites is 2. The number of thiophene rings is 2. The van der Waals surface area contributed by atoms with E-state index in [-0.39, 0.29) is 0 Å². The fourth-order valence-electron chi connectivity index (χ4n) is 6.78. The Bertz CT molecular complexity index is 2730. The van der Waals surface area contributed by atoms with Crippen molar-refractivity contribution in [3.8, 4) is 22.9 Å². The van der Waals surface area contributed by atoms with E-state index < -0.39 is 0 Å². The molecule has 0 saturated carbocycles. The van der Waals surface area contributed by atoms with E-state index in [2.05, 4.69) is 141 Å². The third-order valence-corrected chi connectivity index (χ3v) is 10.7. The molecule has 44 heavy (non-hydrogen) atoms. The van der Waals surface area contributed by atoms with Gasteiger partial charge < -0.3 is 4.57 Å². The van der Waals surface area contributed by atoms with Crippen LogP contribution in [0.2, 0.25) is 0 Å². The minimum absolute atomic E-state index is 0.690. The van der Waals surface area contributed by atoms with Crippen molar-refractivity contribution < 1.29 is 0 Å². The van der Waals surface area contributed by atoms with Crippen LogP contribution in [0.25, 0.3) is 86.7 Å². The van der Waals surface area contributed by atoms with Gasteiger partial charge in [0.1, 0.15) is 0 Å². The van der Waals surface area contributed by atoms with Gasteiger partial charge in [-0.05, 0) is 36.4 Å². The zero-order valence-corrected chi connectivity index (χ0v) is 24.9. The monoisotopic (exact) mass is 598 g/mol. The van der Waals surface area contributed by atoms with Crippen molar-refractivity contribution in [1.82, 2.24) is 19.1 Å². The maximum Gasteiger partial charge on any atom is 0.235 e. The maximum absolute atomic E-state index is 5.44. The smallest absolute Gasteiger partial charge is 0.235 e. The minimum Gasteiger partial charge on any atom is -0.316 e. The SMILES string of the molecule is c1ccc(-n2ccc3c2ccc2c4ccccc4n(-c4nc(-c5cccc6c5sc5ccccc56)c5cscc5n4)c23)cc1. The van der Waals surface area contributed by atoms with Gasteiger partial charge in [-0.25, -0.2) is 9.97 Å². The van der Waals surface area contributed by atoms with Crippen molar-refractivity contribution in [2.45, 2.75) is 0 Å². The number of fused-ring (bicyclic) bond motifs is 9. The van der Waals surface area contributed by atoms with Gasteiger partial charge in [-0.2, -0.15) is 0 Å². The summed E-state index contributed by atoms with van der Waals surface area (Å²) in [6, 6.07) is 41.1. The molecule has 5 heterocycles. The molecule has 5 aromatic carbocycles. The quantitative estimate of drug-likeness (QED) is 0.203. The Hall–Kier alpha value is -5.30. The summed E-state index contributed by atoms with van der Waals surface area (Å²) >= 11 is 3.52. The molecule has 0 aliphatic heterocycles. The first-order valence-electron chi connectivity index (χ1n) is 14.6. The number of benzene rings is 5. The van der Waals surface area contributed by atoms with E-state index in [0.717, 1.165) is 44.4 Å². The molecule has 0 amide bonds. The lowest BCUT2D eigenvalue weighted by Gasteiger charge is -2.11. The fraction of sp³-hybridized carbons (Fsp3) is 0. The number of rotatable bonds is 3. The van der Waals surface area contributed by atoms with Crippen LogP contribution < -0.4 is 0 Å². The normalized spacial score (nSPS) is 12.1. The first-order valence-corrected chi connectivity index (χ1v) is 16.3. The van der Waals surface area contributed by atoms with E-state index in [1.165, 1.54) is 36.3 Å². The van der Waals surface area contributed by atoms with Gasteiger partial charge in [-0.15, -0.1) is 22.7 Å². The minimum atomic E-state index is 0.690. The maximum atomic E-state index is 5.44. The molecule has 0 aliphatic rings. The van der Waals surface area contributed by atoms with Gasteiger partial charge in [0.05, 0.1) is 27.8 Å². The first kappa shape index (κ1) is 24.2. The Morgan fingerprint density at radius 2 is 1.36 bits per heavy atom. The van der Waals surface area contributed by atoms with Crippen LogP contribution in [0.5, 0.6) is 0 Å². The molecule has 0 fully saturated rings. The van der Waals surface area contributed by atoms with Crippen LogP contribution in [-0.4, -0.2) is 19.1 Å². The molecule has 0 atom stereocenters.